The zero-order chi connectivity index (χ0) is 13.0. The van der Waals surface area contributed by atoms with Crippen LogP contribution >= 0.6 is 23.2 Å². The predicted octanol–water partition coefficient (Wildman–Crippen LogP) is 4.59. The van der Waals surface area contributed by atoms with Crippen molar-refractivity contribution >= 4 is 23.2 Å². The first-order chi connectivity index (χ1) is 8.70. The molecule has 0 bridgehead atoms. The molecule has 0 N–H and O–H groups in total. The van der Waals surface area contributed by atoms with E-state index in [2.05, 4.69) is 6.07 Å². The van der Waals surface area contributed by atoms with Gasteiger partial charge in [0.2, 0.25) is 0 Å². The van der Waals surface area contributed by atoms with E-state index in [0.29, 0.717) is 10.0 Å². The van der Waals surface area contributed by atoms with Gasteiger partial charge in [0.1, 0.15) is 5.75 Å². The minimum atomic E-state index is 0.660. The van der Waals surface area contributed by atoms with Crippen molar-refractivity contribution in [2.24, 2.45) is 0 Å². The van der Waals surface area contributed by atoms with Gasteiger partial charge >= 0.3 is 0 Å². The summed E-state index contributed by atoms with van der Waals surface area (Å²) in [6.07, 6.45) is 1.68. The van der Waals surface area contributed by atoms with Crippen LogP contribution in [0.25, 0.3) is 0 Å². The summed E-state index contributed by atoms with van der Waals surface area (Å²) in [6, 6.07) is 14.5. The molecular weight excluding hydrogens is 267 g/mol. The lowest BCUT2D eigenvalue weighted by Gasteiger charge is -2.08. The van der Waals surface area contributed by atoms with Gasteiger partial charge in [-0.15, -0.1) is 0 Å². The molecule has 0 aliphatic carbocycles. The average molecular weight is 280 g/mol. The SMILES string of the molecule is COc1ccc[c]c1CCc1ccc(Cl)cc1Cl. The highest BCUT2D eigenvalue weighted by Crippen LogP contribution is 2.24. The third kappa shape index (κ3) is 3.18. The van der Waals surface area contributed by atoms with E-state index in [1.807, 2.05) is 30.3 Å². The minimum Gasteiger partial charge on any atom is -0.496 e. The summed E-state index contributed by atoms with van der Waals surface area (Å²) in [5.74, 6) is 0.864. The number of hydrogen-bond donors (Lipinski definition) is 0. The highest BCUT2D eigenvalue weighted by molar-refractivity contribution is 6.35. The Morgan fingerprint density at radius 2 is 2.00 bits per heavy atom. The number of ether oxygens (including phenoxy) is 1. The van der Waals surface area contributed by atoms with Crippen molar-refractivity contribution in [1.82, 2.24) is 0 Å². The monoisotopic (exact) mass is 279 g/mol. The number of benzene rings is 2. The van der Waals surface area contributed by atoms with Crippen LogP contribution in [0.5, 0.6) is 5.75 Å². The van der Waals surface area contributed by atoms with Gasteiger partial charge < -0.3 is 4.74 Å². The van der Waals surface area contributed by atoms with Crippen LogP contribution in [0, 0.1) is 6.07 Å². The Morgan fingerprint density at radius 3 is 2.72 bits per heavy atom. The molecule has 2 aromatic carbocycles. The molecule has 18 heavy (non-hydrogen) atoms. The fourth-order valence-corrected chi connectivity index (χ4v) is 2.33. The van der Waals surface area contributed by atoms with Crippen molar-refractivity contribution in [2.75, 3.05) is 7.11 Å². The second kappa shape index (κ2) is 6.12. The molecule has 1 radical (unpaired) electrons. The molecule has 0 aliphatic rings. The Balaban J connectivity index is 2.11. The molecule has 2 aromatic rings. The maximum atomic E-state index is 6.14. The molecule has 2 rings (SSSR count). The molecule has 0 unspecified atom stereocenters. The Labute approximate surface area is 117 Å². The van der Waals surface area contributed by atoms with E-state index in [0.717, 1.165) is 29.7 Å². The van der Waals surface area contributed by atoms with Crippen LogP contribution in [0.3, 0.4) is 0 Å². The third-order valence-electron chi connectivity index (χ3n) is 2.78. The minimum absolute atomic E-state index is 0.660. The van der Waals surface area contributed by atoms with E-state index in [4.69, 9.17) is 27.9 Å². The molecule has 0 spiro atoms. The van der Waals surface area contributed by atoms with Gasteiger partial charge in [-0.3, -0.25) is 0 Å². The third-order valence-corrected chi connectivity index (χ3v) is 3.37. The topological polar surface area (TPSA) is 9.23 Å². The van der Waals surface area contributed by atoms with Crippen LogP contribution in [0.15, 0.2) is 36.4 Å². The van der Waals surface area contributed by atoms with E-state index >= 15 is 0 Å². The smallest absolute Gasteiger partial charge is 0.122 e. The molecule has 0 saturated heterocycles. The number of rotatable bonds is 4. The quantitative estimate of drug-likeness (QED) is 0.796. The first kappa shape index (κ1) is 13.3. The number of halogens is 2. The lowest BCUT2D eigenvalue weighted by atomic mass is 10.0. The summed E-state index contributed by atoms with van der Waals surface area (Å²) in [4.78, 5) is 0. The molecule has 0 saturated carbocycles. The Bertz CT molecular complexity index is 538. The molecule has 1 nitrogen and oxygen atoms in total. The van der Waals surface area contributed by atoms with Crippen LogP contribution in [0.1, 0.15) is 11.1 Å². The summed E-state index contributed by atoms with van der Waals surface area (Å²) < 4.78 is 5.30. The molecule has 0 amide bonds. The van der Waals surface area contributed by atoms with Gasteiger partial charge in [0, 0.05) is 15.6 Å². The summed E-state index contributed by atoms with van der Waals surface area (Å²) in [5.41, 5.74) is 2.14. The lowest BCUT2D eigenvalue weighted by Crippen LogP contribution is -1.96. The van der Waals surface area contributed by atoms with Gasteiger partial charge in [0.05, 0.1) is 7.11 Å². The summed E-state index contributed by atoms with van der Waals surface area (Å²) in [7, 11) is 1.67. The van der Waals surface area contributed by atoms with Crippen LogP contribution in [0.4, 0.5) is 0 Å². The summed E-state index contributed by atoms with van der Waals surface area (Å²) in [6.45, 7) is 0. The Morgan fingerprint density at radius 1 is 1.17 bits per heavy atom. The van der Waals surface area contributed by atoms with Crippen LogP contribution < -0.4 is 4.74 Å². The fourth-order valence-electron chi connectivity index (χ4n) is 1.83. The zero-order valence-corrected chi connectivity index (χ0v) is 11.6. The Kier molecular flexibility index (Phi) is 4.51. The predicted molar refractivity (Wildman–Crippen MR) is 75.7 cm³/mol. The van der Waals surface area contributed by atoms with Crippen LogP contribution in [-0.2, 0) is 12.8 Å². The maximum absolute atomic E-state index is 6.14. The fraction of sp³-hybridized carbons (Fsp3) is 0.200. The lowest BCUT2D eigenvalue weighted by molar-refractivity contribution is 0.409. The van der Waals surface area contributed by atoms with Crippen molar-refractivity contribution in [2.45, 2.75) is 12.8 Å². The number of methoxy groups -OCH3 is 1. The van der Waals surface area contributed by atoms with Crippen molar-refractivity contribution in [1.29, 1.82) is 0 Å². The van der Waals surface area contributed by atoms with E-state index in [1.165, 1.54) is 0 Å². The van der Waals surface area contributed by atoms with E-state index in [9.17, 15) is 0 Å². The zero-order valence-electron chi connectivity index (χ0n) is 10.0. The molecule has 93 valence electrons. The van der Waals surface area contributed by atoms with Crippen LogP contribution in [-0.4, -0.2) is 7.11 Å². The Hall–Kier alpha value is -1.18. The first-order valence-corrected chi connectivity index (χ1v) is 6.44. The van der Waals surface area contributed by atoms with E-state index < -0.39 is 0 Å². The van der Waals surface area contributed by atoms with Crippen molar-refractivity contribution in [3.05, 3.63) is 63.6 Å². The van der Waals surface area contributed by atoms with Gasteiger partial charge in [0.15, 0.2) is 0 Å². The second-order valence-corrected chi connectivity index (χ2v) is 4.80. The molecule has 3 heteroatoms. The maximum Gasteiger partial charge on any atom is 0.122 e. The van der Waals surface area contributed by atoms with E-state index in [-0.39, 0.29) is 0 Å². The van der Waals surface area contributed by atoms with Crippen molar-refractivity contribution in [3.8, 4) is 5.75 Å². The van der Waals surface area contributed by atoms with Crippen molar-refractivity contribution in [3.63, 3.8) is 0 Å². The highest BCUT2D eigenvalue weighted by atomic mass is 35.5. The molecule has 0 atom stereocenters. The van der Waals surface area contributed by atoms with Gasteiger partial charge in [-0.1, -0.05) is 41.4 Å². The standard InChI is InChI=1S/C15H13Cl2O/c1-18-15-5-3-2-4-12(15)7-6-11-8-9-13(16)10-14(11)17/h2-3,5,8-10H,6-7H2,1H3. The highest BCUT2D eigenvalue weighted by Gasteiger charge is 2.05. The van der Waals surface area contributed by atoms with Crippen molar-refractivity contribution < 1.29 is 4.74 Å². The largest absolute Gasteiger partial charge is 0.496 e. The molecule has 0 fully saturated rings. The molecule has 0 aromatic heterocycles. The van der Waals surface area contributed by atoms with Gasteiger partial charge in [0.25, 0.3) is 0 Å². The average Bonchev–Trinajstić information content (AvgIpc) is 2.38. The summed E-state index contributed by atoms with van der Waals surface area (Å²) in [5, 5.41) is 1.37. The number of aryl methyl sites for hydroxylation is 2. The molecule has 0 aliphatic heterocycles. The normalized spacial score (nSPS) is 10.4. The van der Waals surface area contributed by atoms with Crippen LogP contribution in [0.2, 0.25) is 10.0 Å². The number of hydrogen-bond acceptors (Lipinski definition) is 1. The summed E-state index contributed by atoms with van der Waals surface area (Å²) >= 11 is 12.0. The first-order valence-electron chi connectivity index (χ1n) is 5.68. The van der Waals surface area contributed by atoms with Gasteiger partial charge in [-0.05, 0) is 42.7 Å². The van der Waals surface area contributed by atoms with Gasteiger partial charge in [-0.25, -0.2) is 0 Å². The van der Waals surface area contributed by atoms with E-state index in [1.54, 1.807) is 13.2 Å². The molecular formula is C15H13Cl2O. The van der Waals surface area contributed by atoms with Gasteiger partial charge in [-0.2, -0.15) is 0 Å². The second-order valence-electron chi connectivity index (χ2n) is 3.95. The molecule has 0 heterocycles.